The molecule has 0 saturated carbocycles. The van der Waals surface area contributed by atoms with Gasteiger partial charge in [-0.2, -0.15) is 0 Å². The van der Waals surface area contributed by atoms with Crippen molar-refractivity contribution in [3.8, 4) is 0 Å². The van der Waals surface area contributed by atoms with Gasteiger partial charge in [-0.25, -0.2) is 0 Å². The number of carbonyl (C=O) groups is 4. The van der Waals surface area contributed by atoms with Crippen molar-refractivity contribution >= 4 is 29.3 Å². The second-order valence-electron chi connectivity index (χ2n) is 6.07. The average Bonchev–Trinajstić information content (AvgIpc) is 2.92. The van der Waals surface area contributed by atoms with E-state index >= 15 is 0 Å². The van der Waals surface area contributed by atoms with Crippen molar-refractivity contribution in [2.75, 3.05) is 11.4 Å². The summed E-state index contributed by atoms with van der Waals surface area (Å²) >= 11 is 0. The van der Waals surface area contributed by atoms with Crippen molar-refractivity contribution in [3.63, 3.8) is 0 Å². The number of carbonyl (C=O) groups excluding carboxylic acids is 4. The van der Waals surface area contributed by atoms with Gasteiger partial charge in [0.05, 0.1) is 11.3 Å². The summed E-state index contributed by atoms with van der Waals surface area (Å²) in [6.45, 7) is 1.33. The summed E-state index contributed by atoms with van der Waals surface area (Å²) in [7, 11) is 0. The molecule has 0 radical (unpaired) electrons. The normalized spacial score (nSPS) is 13.9. The van der Waals surface area contributed by atoms with Crippen LogP contribution in [0.25, 0.3) is 0 Å². The molecular weight excluding hydrogens is 348 g/mol. The Hall–Kier alpha value is -3.48. The first kappa shape index (κ1) is 18.3. The van der Waals surface area contributed by atoms with Crippen LogP contribution in [-0.4, -0.2) is 36.2 Å². The van der Waals surface area contributed by atoms with Crippen LogP contribution in [0.2, 0.25) is 0 Å². The van der Waals surface area contributed by atoms with E-state index in [2.05, 4.69) is 5.32 Å². The van der Waals surface area contributed by atoms with Crippen LogP contribution >= 0.6 is 0 Å². The van der Waals surface area contributed by atoms with Gasteiger partial charge in [-0.1, -0.05) is 42.5 Å². The zero-order valence-electron chi connectivity index (χ0n) is 14.7. The molecule has 2 aromatic carbocycles. The molecule has 1 atom stereocenters. The van der Waals surface area contributed by atoms with Crippen LogP contribution in [0.1, 0.15) is 22.8 Å². The molecule has 1 heterocycles. The number of hydrogen-bond donors (Lipinski definition) is 1. The van der Waals surface area contributed by atoms with E-state index in [0.29, 0.717) is 12.2 Å². The molecule has 0 bridgehead atoms. The van der Waals surface area contributed by atoms with Crippen LogP contribution in [0.3, 0.4) is 0 Å². The number of benzene rings is 2. The van der Waals surface area contributed by atoms with Gasteiger partial charge in [0.25, 0.3) is 17.6 Å². The molecule has 1 aliphatic rings. The standard InChI is InChI=1S/C20H18N2O5/c1-13(19(25)21-11-14-7-3-2-4-8-14)27-17(23)12-22-16-10-6-5-9-15(16)18(24)20(22)26/h2-10,13H,11-12H2,1H3,(H,21,25)/t13-/m0/s1. The van der Waals surface area contributed by atoms with Gasteiger partial charge in [0.1, 0.15) is 6.54 Å². The fourth-order valence-corrected chi connectivity index (χ4v) is 2.75. The molecule has 2 aromatic rings. The zero-order valence-corrected chi connectivity index (χ0v) is 14.7. The van der Waals surface area contributed by atoms with E-state index in [4.69, 9.17) is 4.74 Å². The number of rotatable bonds is 6. The number of ether oxygens (including phenoxy) is 1. The number of fused-ring (bicyclic) bond motifs is 1. The number of nitrogens with zero attached hydrogens (tertiary/aromatic N) is 1. The molecule has 2 amide bonds. The predicted octanol–water partition coefficient (Wildman–Crippen LogP) is 1.46. The van der Waals surface area contributed by atoms with Gasteiger partial charge < -0.3 is 10.1 Å². The fraction of sp³-hybridized carbons (Fsp3) is 0.200. The van der Waals surface area contributed by atoms with Gasteiger partial charge >= 0.3 is 5.97 Å². The Labute approximate surface area is 155 Å². The van der Waals surface area contributed by atoms with Crippen molar-refractivity contribution in [2.45, 2.75) is 19.6 Å². The molecule has 3 rings (SSSR count). The zero-order chi connectivity index (χ0) is 19.4. The van der Waals surface area contributed by atoms with Gasteiger partial charge in [-0.15, -0.1) is 0 Å². The lowest BCUT2D eigenvalue weighted by molar-refractivity contribution is -0.153. The van der Waals surface area contributed by atoms with Crippen molar-refractivity contribution in [1.29, 1.82) is 0 Å². The second kappa shape index (κ2) is 7.82. The third kappa shape index (κ3) is 4.03. The molecule has 1 N–H and O–H groups in total. The maximum atomic E-state index is 12.1. The van der Waals surface area contributed by atoms with Crippen LogP contribution < -0.4 is 10.2 Å². The van der Waals surface area contributed by atoms with Crippen LogP contribution in [0.15, 0.2) is 54.6 Å². The summed E-state index contributed by atoms with van der Waals surface area (Å²) in [5, 5.41) is 2.68. The Bertz CT molecular complexity index is 894. The Kier molecular flexibility index (Phi) is 5.30. The highest BCUT2D eigenvalue weighted by Gasteiger charge is 2.37. The number of Topliss-reactive ketones (excluding diaryl/α,β-unsaturated/α-hetero) is 1. The van der Waals surface area contributed by atoms with E-state index in [1.165, 1.54) is 13.0 Å². The first-order chi connectivity index (χ1) is 13.0. The van der Waals surface area contributed by atoms with Gasteiger partial charge in [0, 0.05) is 6.54 Å². The molecule has 7 heteroatoms. The quantitative estimate of drug-likeness (QED) is 0.617. The third-order valence-electron chi connectivity index (χ3n) is 4.15. The molecule has 138 valence electrons. The largest absolute Gasteiger partial charge is 0.451 e. The van der Waals surface area contributed by atoms with E-state index in [0.717, 1.165) is 10.5 Å². The Morgan fingerprint density at radius 3 is 2.44 bits per heavy atom. The van der Waals surface area contributed by atoms with E-state index in [1.54, 1.807) is 18.2 Å². The van der Waals surface area contributed by atoms with Crippen LogP contribution in [0, 0.1) is 0 Å². The summed E-state index contributed by atoms with van der Waals surface area (Å²) in [6.07, 6.45) is -1.02. The lowest BCUT2D eigenvalue weighted by Crippen LogP contribution is -2.40. The monoisotopic (exact) mass is 366 g/mol. The Morgan fingerprint density at radius 2 is 1.70 bits per heavy atom. The predicted molar refractivity (Wildman–Crippen MR) is 97.0 cm³/mol. The molecule has 0 aliphatic carbocycles. The average molecular weight is 366 g/mol. The van der Waals surface area contributed by atoms with Gasteiger partial charge in [0.2, 0.25) is 0 Å². The molecule has 1 aliphatic heterocycles. The first-order valence-electron chi connectivity index (χ1n) is 8.43. The van der Waals surface area contributed by atoms with Crippen molar-refractivity contribution < 1.29 is 23.9 Å². The SMILES string of the molecule is C[C@H](OC(=O)CN1C(=O)C(=O)c2ccccc21)C(=O)NCc1ccccc1. The molecule has 27 heavy (non-hydrogen) atoms. The first-order valence-corrected chi connectivity index (χ1v) is 8.43. The minimum Gasteiger partial charge on any atom is -0.451 e. The number of anilines is 1. The van der Waals surface area contributed by atoms with E-state index in [1.807, 2.05) is 30.3 Å². The molecule has 7 nitrogen and oxygen atoms in total. The summed E-state index contributed by atoms with van der Waals surface area (Å²) in [5.74, 6) is -2.66. The number of nitrogens with one attached hydrogen (secondary N) is 1. The lowest BCUT2D eigenvalue weighted by atomic mass is 10.1. The molecule has 0 fully saturated rings. The summed E-state index contributed by atoms with van der Waals surface area (Å²) in [6, 6.07) is 15.7. The van der Waals surface area contributed by atoms with E-state index in [-0.39, 0.29) is 5.56 Å². The summed E-state index contributed by atoms with van der Waals surface area (Å²) in [5.41, 5.74) is 1.54. The molecule has 0 unspecified atom stereocenters. The highest BCUT2D eigenvalue weighted by atomic mass is 16.5. The summed E-state index contributed by atoms with van der Waals surface area (Å²) < 4.78 is 5.10. The lowest BCUT2D eigenvalue weighted by Gasteiger charge is -2.18. The molecule has 0 spiro atoms. The molecular formula is C20H18N2O5. The number of esters is 1. The number of hydrogen-bond acceptors (Lipinski definition) is 5. The maximum absolute atomic E-state index is 12.1. The van der Waals surface area contributed by atoms with Gasteiger partial charge in [0.15, 0.2) is 6.10 Å². The fourth-order valence-electron chi connectivity index (χ4n) is 2.75. The second-order valence-corrected chi connectivity index (χ2v) is 6.07. The Morgan fingerprint density at radius 1 is 1.04 bits per heavy atom. The van der Waals surface area contributed by atoms with Crippen LogP contribution in [-0.2, 0) is 25.7 Å². The number of ketones is 1. The molecule has 0 saturated heterocycles. The van der Waals surface area contributed by atoms with Crippen molar-refractivity contribution in [3.05, 3.63) is 65.7 Å². The summed E-state index contributed by atoms with van der Waals surface area (Å²) in [4.78, 5) is 49.3. The number of para-hydroxylation sites is 1. The minimum absolute atomic E-state index is 0.254. The van der Waals surface area contributed by atoms with Gasteiger partial charge in [-0.05, 0) is 24.6 Å². The van der Waals surface area contributed by atoms with E-state index < -0.39 is 36.2 Å². The van der Waals surface area contributed by atoms with Crippen LogP contribution in [0.4, 0.5) is 5.69 Å². The van der Waals surface area contributed by atoms with E-state index in [9.17, 15) is 19.2 Å². The highest BCUT2D eigenvalue weighted by molar-refractivity contribution is 6.52. The van der Waals surface area contributed by atoms with Crippen LogP contribution in [0.5, 0.6) is 0 Å². The minimum atomic E-state index is -1.02. The highest BCUT2D eigenvalue weighted by Crippen LogP contribution is 2.28. The maximum Gasteiger partial charge on any atom is 0.326 e. The number of amides is 2. The smallest absolute Gasteiger partial charge is 0.326 e. The molecule has 0 aromatic heterocycles. The van der Waals surface area contributed by atoms with Crippen molar-refractivity contribution in [2.24, 2.45) is 0 Å². The van der Waals surface area contributed by atoms with Gasteiger partial charge in [-0.3, -0.25) is 24.1 Å². The Balaban J connectivity index is 1.55. The van der Waals surface area contributed by atoms with Crippen molar-refractivity contribution in [1.82, 2.24) is 5.32 Å². The third-order valence-corrected chi connectivity index (χ3v) is 4.15. The topological polar surface area (TPSA) is 92.8 Å².